The second-order valence-corrected chi connectivity index (χ2v) is 5.44. The van der Waals surface area contributed by atoms with Crippen molar-refractivity contribution in [3.8, 4) is 11.5 Å². The predicted molar refractivity (Wildman–Crippen MR) is 103 cm³/mol. The number of nitrogens with zero attached hydrogens (tertiary/aromatic N) is 3. The van der Waals surface area contributed by atoms with E-state index in [0.717, 1.165) is 12.1 Å². The van der Waals surface area contributed by atoms with Crippen LogP contribution in [-0.2, 0) is 0 Å². The van der Waals surface area contributed by atoms with Gasteiger partial charge in [-0.25, -0.2) is 0 Å². The van der Waals surface area contributed by atoms with Crippen LogP contribution in [-0.4, -0.2) is 27.7 Å². The molecule has 140 valence electrons. The van der Waals surface area contributed by atoms with Crippen molar-refractivity contribution in [1.82, 2.24) is 10.7 Å². The van der Waals surface area contributed by atoms with Crippen LogP contribution >= 0.6 is 12.2 Å². The van der Waals surface area contributed by atoms with E-state index in [0.29, 0.717) is 17.2 Å². The molecule has 0 saturated heterocycles. The average molecular weight is 389 g/mol. The Kier molecular flexibility index (Phi) is 6.72. The number of ether oxygens (including phenoxy) is 1. The zero-order chi connectivity index (χ0) is 19.8. The van der Waals surface area contributed by atoms with E-state index >= 15 is 0 Å². The number of para-hydroxylation sites is 1. The highest BCUT2D eigenvalue weighted by molar-refractivity contribution is 7.80. The number of rotatable bonds is 7. The summed E-state index contributed by atoms with van der Waals surface area (Å²) in [7, 11) is 0. The summed E-state index contributed by atoms with van der Waals surface area (Å²) in [4.78, 5) is 20.6. The van der Waals surface area contributed by atoms with Crippen LogP contribution in [0.5, 0.6) is 11.5 Å². The summed E-state index contributed by atoms with van der Waals surface area (Å²) in [6, 6.07) is 9.87. The summed E-state index contributed by atoms with van der Waals surface area (Å²) < 4.78 is 5.61. The molecule has 0 aliphatic rings. The Morgan fingerprint density at radius 3 is 2.59 bits per heavy atom. The molecule has 2 aromatic carbocycles. The molecule has 0 bridgehead atoms. The molecule has 10 nitrogen and oxygen atoms in total. The monoisotopic (exact) mass is 389 g/mol. The van der Waals surface area contributed by atoms with Crippen molar-refractivity contribution in [1.29, 1.82) is 0 Å². The summed E-state index contributed by atoms with van der Waals surface area (Å²) in [6.07, 6.45) is 1.44. The van der Waals surface area contributed by atoms with E-state index in [1.807, 2.05) is 6.92 Å². The molecule has 11 heteroatoms. The number of hydrazone groups is 1. The summed E-state index contributed by atoms with van der Waals surface area (Å²) in [5.41, 5.74) is 2.24. The molecule has 0 saturated carbocycles. The van der Waals surface area contributed by atoms with Gasteiger partial charge in [0.1, 0.15) is 5.75 Å². The lowest BCUT2D eigenvalue weighted by Gasteiger charge is -2.09. The molecule has 0 aliphatic carbocycles. The highest BCUT2D eigenvalue weighted by Crippen LogP contribution is 2.35. The molecule has 0 spiro atoms. The first-order chi connectivity index (χ1) is 12.9. The molecule has 0 unspecified atom stereocenters. The van der Waals surface area contributed by atoms with Gasteiger partial charge >= 0.3 is 5.69 Å². The molecule has 27 heavy (non-hydrogen) atoms. The lowest BCUT2D eigenvalue weighted by molar-refractivity contribution is -0.394. The van der Waals surface area contributed by atoms with Gasteiger partial charge in [-0.15, -0.1) is 0 Å². The van der Waals surface area contributed by atoms with Crippen LogP contribution in [0, 0.1) is 20.2 Å². The maximum absolute atomic E-state index is 11.2. The first-order valence-electron chi connectivity index (χ1n) is 7.69. The van der Waals surface area contributed by atoms with Crippen LogP contribution in [0.3, 0.4) is 0 Å². The molecular formula is C16H15N5O5S. The van der Waals surface area contributed by atoms with Crippen molar-refractivity contribution in [3.63, 3.8) is 0 Å². The van der Waals surface area contributed by atoms with Gasteiger partial charge in [-0.05, 0) is 37.3 Å². The second-order valence-electron chi connectivity index (χ2n) is 5.04. The Labute approximate surface area is 159 Å². The Balaban J connectivity index is 2.28. The standard InChI is InChI=1S/C16H15N5O5S/c1-2-17-16(27)19-18-10-11-5-3-4-6-14(11)26-15-8-7-12(20(22)23)9-13(15)21(24)25/h3-10H,2H2,1H3,(H2,17,19,27). The van der Waals surface area contributed by atoms with Crippen molar-refractivity contribution >= 4 is 34.9 Å². The van der Waals surface area contributed by atoms with Crippen LogP contribution in [0.2, 0.25) is 0 Å². The van der Waals surface area contributed by atoms with Crippen molar-refractivity contribution in [3.05, 3.63) is 68.3 Å². The maximum atomic E-state index is 11.2. The molecule has 2 aromatic rings. The quantitative estimate of drug-likeness (QED) is 0.319. The number of thiocarbonyl (C=S) groups is 1. The lowest BCUT2D eigenvalue weighted by Crippen LogP contribution is -2.31. The number of hydrogen-bond donors (Lipinski definition) is 2. The molecule has 0 heterocycles. The lowest BCUT2D eigenvalue weighted by atomic mass is 10.2. The van der Waals surface area contributed by atoms with Gasteiger partial charge in [-0.1, -0.05) is 12.1 Å². The largest absolute Gasteiger partial charge is 0.449 e. The predicted octanol–water partition coefficient (Wildman–Crippen LogP) is 3.11. The van der Waals surface area contributed by atoms with Gasteiger partial charge in [0.2, 0.25) is 5.75 Å². The van der Waals surface area contributed by atoms with Crippen LogP contribution < -0.4 is 15.5 Å². The van der Waals surface area contributed by atoms with Gasteiger partial charge < -0.3 is 10.1 Å². The van der Waals surface area contributed by atoms with Crippen molar-refractivity contribution in [2.75, 3.05) is 6.54 Å². The topological polar surface area (TPSA) is 132 Å². The third kappa shape index (κ3) is 5.44. The van der Waals surface area contributed by atoms with E-state index in [1.165, 1.54) is 12.3 Å². The minimum atomic E-state index is -0.741. The van der Waals surface area contributed by atoms with E-state index in [-0.39, 0.29) is 11.5 Å². The number of nitrogens with one attached hydrogen (secondary N) is 2. The number of non-ortho nitro benzene ring substituents is 1. The number of nitro benzene ring substituents is 2. The molecule has 0 amide bonds. The summed E-state index contributed by atoms with van der Waals surface area (Å²) in [5, 5.41) is 29.2. The normalized spacial score (nSPS) is 10.4. The zero-order valence-corrected chi connectivity index (χ0v) is 14.9. The van der Waals surface area contributed by atoms with Crippen molar-refractivity contribution in [2.24, 2.45) is 5.10 Å². The van der Waals surface area contributed by atoms with Crippen molar-refractivity contribution in [2.45, 2.75) is 6.92 Å². The highest BCUT2D eigenvalue weighted by Gasteiger charge is 2.21. The molecule has 2 N–H and O–H groups in total. The van der Waals surface area contributed by atoms with Gasteiger partial charge in [-0.3, -0.25) is 25.7 Å². The molecule has 2 rings (SSSR count). The van der Waals surface area contributed by atoms with Crippen LogP contribution in [0.15, 0.2) is 47.6 Å². The summed E-state index contributed by atoms with van der Waals surface area (Å²) in [5.74, 6) is 0.164. The Morgan fingerprint density at radius 2 is 1.93 bits per heavy atom. The molecule has 0 fully saturated rings. The Morgan fingerprint density at radius 1 is 1.19 bits per heavy atom. The minimum absolute atomic E-state index is 0.123. The summed E-state index contributed by atoms with van der Waals surface area (Å²) >= 11 is 4.99. The third-order valence-electron chi connectivity index (χ3n) is 3.20. The fourth-order valence-electron chi connectivity index (χ4n) is 2.01. The van der Waals surface area contributed by atoms with Crippen LogP contribution in [0.1, 0.15) is 12.5 Å². The van der Waals surface area contributed by atoms with Crippen LogP contribution in [0.4, 0.5) is 11.4 Å². The number of nitro groups is 2. The van der Waals surface area contributed by atoms with Crippen LogP contribution in [0.25, 0.3) is 0 Å². The Bertz CT molecular complexity index is 903. The summed E-state index contributed by atoms with van der Waals surface area (Å²) in [6.45, 7) is 2.53. The van der Waals surface area contributed by atoms with E-state index < -0.39 is 21.2 Å². The van der Waals surface area contributed by atoms with Gasteiger partial charge in [-0.2, -0.15) is 5.10 Å². The highest BCUT2D eigenvalue weighted by atomic mass is 32.1. The zero-order valence-electron chi connectivity index (χ0n) is 14.1. The average Bonchev–Trinajstić information content (AvgIpc) is 2.63. The number of benzene rings is 2. The van der Waals surface area contributed by atoms with E-state index in [4.69, 9.17) is 17.0 Å². The fraction of sp³-hybridized carbons (Fsp3) is 0.125. The van der Waals surface area contributed by atoms with E-state index in [9.17, 15) is 20.2 Å². The van der Waals surface area contributed by atoms with Crippen molar-refractivity contribution < 1.29 is 14.6 Å². The smallest absolute Gasteiger partial charge is 0.318 e. The second kappa shape index (κ2) is 9.20. The van der Waals surface area contributed by atoms with Gasteiger partial charge in [0.25, 0.3) is 5.69 Å². The van der Waals surface area contributed by atoms with Gasteiger partial charge in [0.15, 0.2) is 5.11 Å². The van der Waals surface area contributed by atoms with Gasteiger partial charge in [0.05, 0.1) is 22.1 Å². The molecule has 0 atom stereocenters. The Hall–Kier alpha value is -3.60. The molecule has 0 aliphatic heterocycles. The SMILES string of the molecule is CCNC(=S)NN=Cc1ccccc1Oc1ccc([N+](=O)[O-])cc1[N+](=O)[O-]. The number of hydrogen-bond acceptors (Lipinski definition) is 7. The first-order valence-corrected chi connectivity index (χ1v) is 8.09. The first kappa shape index (κ1) is 19.7. The third-order valence-corrected chi connectivity index (χ3v) is 3.43. The maximum Gasteiger partial charge on any atom is 0.318 e. The fourth-order valence-corrected chi connectivity index (χ4v) is 2.20. The van der Waals surface area contributed by atoms with E-state index in [1.54, 1.807) is 24.3 Å². The molecule has 0 radical (unpaired) electrons. The molecule has 0 aromatic heterocycles. The van der Waals surface area contributed by atoms with Gasteiger partial charge in [0, 0.05) is 18.2 Å². The minimum Gasteiger partial charge on any atom is -0.449 e. The molecular weight excluding hydrogens is 374 g/mol. The van der Waals surface area contributed by atoms with E-state index in [2.05, 4.69) is 15.8 Å².